The molecular formula is C16H20N4O3S. The van der Waals surface area contributed by atoms with Crippen molar-refractivity contribution in [3.8, 4) is 0 Å². The van der Waals surface area contributed by atoms with Crippen molar-refractivity contribution in [1.29, 1.82) is 0 Å². The van der Waals surface area contributed by atoms with Gasteiger partial charge in [0.1, 0.15) is 15.6 Å². The first-order chi connectivity index (χ1) is 11.5. The van der Waals surface area contributed by atoms with Gasteiger partial charge in [-0.2, -0.15) is 5.10 Å². The van der Waals surface area contributed by atoms with Crippen LogP contribution in [0.25, 0.3) is 0 Å². The summed E-state index contributed by atoms with van der Waals surface area (Å²) < 4.78 is 1.88. The van der Waals surface area contributed by atoms with Crippen LogP contribution < -0.4 is 5.32 Å². The van der Waals surface area contributed by atoms with Gasteiger partial charge >= 0.3 is 5.97 Å². The second-order valence-electron chi connectivity index (χ2n) is 6.09. The Bertz CT molecular complexity index is 761. The molecule has 1 aliphatic carbocycles. The van der Waals surface area contributed by atoms with Crippen molar-refractivity contribution in [3.63, 3.8) is 0 Å². The summed E-state index contributed by atoms with van der Waals surface area (Å²) in [6.45, 7) is 3.44. The summed E-state index contributed by atoms with van der Waals surface area (Å²) >= 11 is 1.09. The van der Waals surface area contributed by atoms with Crippen LogP contribution in [0, 0.1) is 6.92 Å². The van der Waals surface area contributed by atoms with Crippen molar-refractivity contribution >= 4 is 23.2 Å². The molecule has 2 heterocycles. The van der Waals surface area contributed by atoms with Crippen molar-refractivity contribution in [2.45, 2.75) is 51.6 Å². The first-order valence-electron chi connectivity index (χ1n) is 8.02. The summed E-state index contributed by atoms with van der Waals surface area (Å²) in [6, 6.07) is 1.74. The third-order valence-corrected chi connectivity index (χ3v) is 5.59. The number of carboxylic acid groups (broad SMARTS) is 1. The molecule has 0 spiro atoms. The van der Waals surface area contributed by atoms with Gasteiger partial charge in [0.05, 0.1) is 17.8 Å². The Labute approximate surface area is 143 Å². The lowest BCUT2D eigenvalue weighted by Gasteiger charge is -2.11. The van der Waals surface area contributed by atoms with Crippen LogP contribution in [0.4, 0.5) is 0 Å². The SMILES string of the molecule is Cc1nc(C(C)NC(=O)c2ccn(C3CCCC3)n2)sc1C(=O)O. The fourth-order valence-electron chi connectivity index (χ4n) is 2.96. The Hall–Kier alpha value is -2.22. The molecule has 0 aromatic carbocycles. The highest BCUT2D eigenvalue weighted by molar-refractivity contribution is 7.13. The quantitative estimate of drug-likeness (QED) is 0.866. The number of hydrogen-bond donors (Lipinski definition) is 2. The molecule has 1 unspecified atom stereocenters. The molecule has 128 valence electrons. The zero-order valence-corrected chi connectivity index (χ0v) is 14.5. The van der Waals surface area contributed by atoms with E-state index >= 15 is 0 Å². The molecule has 1 fully saturated rings. The molecule has 2 N–H and O–H groups in total. The molecule has 24 heavy (non-hydrogen) atoms. The molecule has 2 aromatic heterocycles. The predicted octanol–water partition coefficient (Wildman–Crippen LogP) is 2.95. The molecule has 1 saturated carbocycles. The lowest BCUT2D eigenvalue weighted by Crippen LogP contribution is -2.27. The van der Waals surface area contributed by atoms with Crippen LogP contribution >= 0.6 is 11.3 Å². The van der Waals surface area contributed by atoms with Crippen molar-refractivity contribution in [1.82, 2.24) is 20.1 Å². The smallest absolute Gasteiger partial charge is 0.347 e. The average Bonchev–Trinajstić information content (AvgIpc) is 3.26. The van der Waals surface area contributed by atoms with Crippen molar-refractivity contribution < 1.29 is 14.7 Å². The summed E-state index contributed by atoms with van der Waals surface area (Å²) in [5, 5.41) is 16.9. The van der Waals surface area contributed by atoms with Crippen LogP contribution in [-0.4, -0.2) is 31.7 Å². The van der Waals surface area contributed by atoms with Crippen LogP contribution in [-0.2, 0) is 0 Å². The number of nitrogens with zero attached hydrogens (tertiary/aromatic N) is 3. The summed E-state index contributed by atoms with van der Waals surface area (Å²) in [7, 11) is 0. The van der Waals surface area contributed by atoms with Crippen molar-refractivity contribution in [2.75, 3.05) is 0 Å². The molecule has 1 aliphatic rings. The van der Waals surface area contributed by atoms with Gasteiger partial charge in [0.2, 0.25) is 0 Å². The Morgan fingerprint density at radius 2 is 2.12 bits per heavy atom. The largest absolute Gasteiger partial charge is 0.477 e. The number of nitrogens with one attached hydrogen (secondary N) is 1. The zero-order chi connectivity index (χ0) is 17.3. The van der Waals surface area contributed by atoms with E-state index in [1.807, 2.05) is 10.9 Å². The van der Waals surface area contributed by atoms with Gasteiger partial charge in [0.15, 0.2) is 0 Å². The van der Waals surface area contributed by atoms with Gasteiger partial charge in [-0.05, 0) is 32.8 Å². The van der Waals surface area contributed by atoms with E-state index in [9.17, 15) is 9.59 Å². The van der Waals surface area contributed by atoms with Gasteiger partial charge in [0, 0.05) is 6.20 Å². The third kappa shape index (κ3) is 3.33. The maximum absolute atomic E-state index is 12.4. The average molecular weight is 348 g/mol. The third-order valence-electron chi connectivity index (χ3n) is 4.27. The normalized spacial score (nSPS) is 16.2. The highest BCUT2D eigenvalue weighted by Crippen LogP contribution is 2.29. The van der Waals surface area contributed by atoms with Gasteiger partial charge in [-0.1, -0.05) is 12.8 Å². The zero-order valence-electron chi connectivity index (χ0n) is 13.7. The highest BCUT2D eigenvalue weighted by Gasteiger charge is 2.22. The number of thiazole rings is 1. The summed E-state index contributed by atoms with van der Waals surface area (Å²) in [6.07, 6.45) is 6.48. The van der Waals surface area contributed by atoms with Gasteiger partial charge < -0.3 is 10.4 Å². The maximum atomic E-state index is 12.4. The Balaban J connectivity index is 1.67. The van der Waals surface area contributed by atoms with Gasteiger partial charge in [-0.25, -0.2) is 9.78 Å². The minimum Gasteiger partial charge on any atom is -0.477 e. The molecule has 1 amide bonds. The summed E-state index contributed by atoms with van der Waals surface area (Å²) in [4.78, 5) is 27.9. The molecule has 1 atom stereocenters. The highest BCUT2D eigenvalue weighted by atomic mass is 32.1. The first kappa shape index (κ1) is 16.6. The minimum absolute atomic E-state index is 0.205. The molecule has 7 nitrogen and oxygen atoms in total. The van der Waals surface area contributed by atoms with E-state index in [2.05, 4.69) is 15.4 Å². The summed E-state index contributed by atoms with van der Waals surface area (Å²) in [5.41, 5.74) is 0.842. The first-order valence-corrected chi connectivity index (χ1v) is 8.84. The second-order valence-corrected chi connectivity index (χ2v) is 7.12. The predicted molar refractivity (Wildman–Crippen MR) is 89.4 cm³/mol. The van der Waals surface area contributed by atoms with Crippen molar-refractivity contribution in [2.24, 2.45) is 0 Å². The number of carbonyl (C=O) groups is 2. The van der Waals surface area contributed by atoms with E-state index in [-0.39, 0.29) is 16.8 Å². The number of aryl methyl sites for hydroxylation is 1. The Kier molecular flexibility index (Phi) is 4.66. The van der Waals surface area contributed by atoms with E-state index in [1.165, 1.54) is 12.8 Å². The van der Waals surface area contributed by atoms with Crippen LogP contribution in [0.15, 0.2) is 12.3 Å². The fourth-order valence-corrected chi connectivity index (χ4v) is 3.87. The number of carbonyl (C=O) groups excluding carboxylic acids is 1. The number of carboxylic acids is 1. The molecule has 8 heteroatoms. The van der Waals surface area contributed by atoms with Crippen LogP contribution in [0.1, 0.15) is 75.6 Å². The van der Waals surface area contributed by atoms with Gasteiger partial charge in [-0.3, -0.25) is 9.48 Å². The van der Waals surface area contributed by atoms with Crippen LogP contribution in [0.5, 0.6) is 0 Å². The number of hydrogen-bond acceptors (Lipinski definition) is 5. The van der Waals surface area contributed by atoms with E-state index in [4.69, 9.17) is 5.11 Å². The minimum atomic E-state index is -0.995. The molecular weight excluding hydrogens is 328 g/mol. The number of rotatable bonds is 5. The van der Waals surface area contributed by atoms with Gasteiger partial charge in [-0.15, -0.1) is 11.3 Å². The lowest BCUT2D eigenvalue weighted by molar-refractivity contribution is 0.0701. The number of amides is 1. The van der Waals surface area contributed by atoms with E-state index in [0.717, 1.165) is 24.2 Å². The molecule has 3 rings (SSSR count). The monoisotopic (exact) mass is 348 g/mol. The molecule has 0 aliphatic heterocycles. The number of aromatic carboxylic acids is 1. The summed E-state index contributed by atoms with van der Waals surface area (Å²) in [5.74, 6) is -1.27. The topological polar surface area (TPSA) is 97.1 Å². The van der Waals surface area contributed by atoms with E-state index < -0.39 is 5.97 Å². The molecule has 0 saturated heterocycles. The Morgan fingerprint density at radius 3 is 2.75 bits per heavy atom. The van der Waals surface area contributed by atoms with Crippen molar-refractivity contribution in [3.05, 3.63) is 33.5 Å². The molecule has 2 aromatic rings. The van der Waals surface area contributed by atoms with Gasteiger partial charge in [0.25, 0.3) is 5.91 Å². The second kappa shape index (κ2) is 6.72. The Morgan fingerprint density at radius 1 is 1.42 bits per heavy atom. The molecule has 0 radical (unpaired) electrons. The van der Waals surface area contributed by atoms with Crippen LogP contribution in [0.3, 0.4) is 0 Å². The molecule has 0 bridgehead atoms. The maximum Gasteiger partial charge on any atom is 0.347 e. The lowest BCUT2D eigenvalue weighted by atomic mass is 10.3. The fraction of sp³-hybridized carbons (Fsp3) is 0.500. The standard InChI is InChI=1S/C16H20N4O3S/c1-9-13(16(22)23)24-15(18-9)10(2)17-14(21)12-7-8-20(19-12)11-5-3-4-6-11/h7-8,10-11H,3-6H2,1-2H3,(H,17,21)(H,22,23). The van der Waals surface area contributed by atoms with Crippen LogP contribution in [0.2, 0.25) is 0 Å². The number of aromatic nitrogens is 3. The van der Waals surface area contributed by atoms with E-state index in [1.54, 1.807) is 19.9 Å². The van der Waals surface area contributed by atoms with E-state index in [0.29, 0.717) is 22.4 Å².